The van der Waals surface area contributed by atoms with Gasteiger partial charge in [0.25, 0.3) is 0 Å². The van der Waals surface area contributed by atoms with Gasteiger partial charge >= 0.3 is 0 Å². The standard InChI is InChI=1S/C12H15O2/c1-3-8-14-12-6-4-11(5-7-12)9-10(2)13/h3-7,13H,1,8-9H2,2H3. The minimum Gasteiger partial charge on any atom is -0.490 e. The van der Waals surface area contributed by atoms with Crippen LogP contribution in [0.2, 0.25) is 0 Å². The van der Waals surface area contributed by atoms with Crippen molar-refractivity contribution in [2.45, 2.75) is 13.3 Å². The van der Waals surface area contributed by atoms with Gasteiger partial charge in [-0.3, -0.25) is 0 Å². The zero-order valence-electron chi connectivity index (χ0n) is 8.36. The first-order chi connectivity index (χ1) is 6.72. The summed E-state index contributed by atoms with van der Waals surface area (Å²) in [5, 5.41) is 9.09. The highest BCUT2D eigenvalue weighted by Crippen LogP contribution is 2.14. The molecule has 0 aliphatic heterocycles. The van der Waals surface area contributed by atoms with Crippen LogP contribution in [0.4, 0.5) is 0 Å². The van der Waals surface area contributed by atoms with Gasteiger partial charge in [-0.1, -0.05) is 24.8 Å². The lowest BCUT2D eigenvalue weighted by atomic mass is 10.1. The minimum atomic E-state index is 0.421. The molecule has 1 radical (unpaired) electrons. The van der Waals surface area contributed by atoms with Crippen molar-refractivity contribution < 1.29 is 9.84 Å². The lowest BCUT2D eigenvalue weighted by molar-refractivity contribution is 0.307. The number of hydrogen-bond acceptors (Lipinski definition) is 2. The van der Waals surface area contributed by atoms with E-state index in [0.717, 1.165) is 11.3 Å². The number of aliphatic hydroxyl groups is 1. The van der Waals surface area contributed by atoms with Crippen LogP contribution in [0.5, 0.6) is 5.75 Å². The van der Waals surface area contributed by atoms with E-state index in [9.17, 15) is 0 Å². The Bertz CT molecular complexity index is 275. The van der Waals surface area contributed by atoms with Crippen LogP contribution >= 0.6 is 0 Å². The van der Waals surface area contributed by atoms with Crippen molar-refractivity contribution in [2.75, 3.05) is 6.61 Å². The fourth-order valence-corrected chi connectivity index (χ4v) is 1.15. The summed E-state index contributed by atoms with van der Waals surface area (Å²) in [6.07, 6.45) is 2.73. The van der Waals surface area contributed by atoms with Gasteiger partial charge in [0.05, 0.1) is 6.10 Å². The second-order valence-electron chi connectivity index (χ2n) is 3.16. The van der Waals surface area contributed by atoms with Crippen molar-refractivity contribution in [3.05, 3.63) is 48.6 Å². The van der Waals surface area contributed by atoms with Crippen molar-refractivity contribution >= 4 is 0 Å². The molecule has 75 valence electrons. The van der Waals surface area contributed by atoms with E-state index >= 15 is 0 Å². The van der Waals surface area contributed by atoms with E-state index in [1.807, 2.05) is 24.3 Å². The molecule has 2 nitrogen and oxygen atoms in total. The zero-order chi connectivity index (χ0) is 10.4. The monoisotopic (exact) mass is 191 g/mol. The Morgan fingerprint density at radius 1 is 1.43 bits per heavy atom. The molecule has 0 amide bonds. The molecular formula is C12H15O2. The van der Waals surface area contributed by atoms with E-state index in [2.05, 4.69) is 6.58 Å². The van der Waals surface area contributed by atoms with Crippen LogP contribution in [-0.2, 0) is 6.42 Å². The molecule has 1 N–H and O–H groups in total. The highest BCUT2D eigenvalue weighted by atomic mass is 16.5. The first-order valence-electron chi connectivity index (χ1n) is 4.56. The number of benzene rings is 1. The second kappa shape index (κ2) is 5.45. The Morgan fingerprint density at radius 3 is 2.57 bits per heavy atom. The summed E-state index contributed by atoms with van der Waals surface area (Å²) in [6.45, 7) is 5.79. The molecule has 2 heteroatoms. The lowest BCUT2D eigenvalue weighted by Crippen LogP contribution is -1.96. The predicted molar refractivity (Wildman–Crippen MR) is 56.7 cm³/mol. The second-order valence-corrected chi connectivity index (χ2v) is 3.16. The zero-order valence-corrected chi connectivity index (χ0v) is 8.36. The third-order valence-corrected chi connectivity index (χ3v) is 1.75. The molecule has 0 aliphatic rings. The molecule has 0 bridgehead atoms. The van der Waals surface area contributed by atoms with Crippen LogP contribution in [0.3, 0.4) is 0 Å². The van der Waals surface area contributed by atoms with Crippen LogP contribution in [-0.4, -0.2) is 11.7 Å². The van der Waals surface area contributed by atoms with Gasteiger partial charge in [-0.25, -0.2) is 0 Å². The first kappa shape index (κ1) is 10.8. The Kier molecular flexibility index (Phi) is 4.20. The average molecular weight is 191 g/mol. The maximum Gasteiger partial charge on any atom is 0.119 e. The molecule has 0 unspecified atom stereocenters. The third-order valence-electron chi connectivity index (χ3n) is 1.75. The van der Waals surface area contributed by atoms with Crippen molar-refractivity contribution in [1.82, 2.24) is 0 Å². The maximum absolute atomic E-state index is 9.09. The Labute approximate surface area is 84.8 Å². The van der Waals surface area contributed by atoms with Crippen molar-refractivity contribution in [3.63, 3.8) is 0 Å². The molecule has 1 aromatic rings. The third kappa shape index (κ3) is 3.62. The summed E-state index contributed by atoms with van der Waals surface area (Å²) in [6, 6.07) is 7.67. The van der Waals surface area contributed by atoms with E-state index in [0.29, 0.717) is 19.1 Å². The van der Waals surface area contributed by atoms with Crippen molar-refractivity contribution in [2.24, 2.45) is 0 Å². The molecule has 0 aliphatic carbocycles. The van der Waals surface area contributed by atoms with Gasteiger partial charge in [-0.15, -0.1) is 0 Å². The summed E-state index contributed by atoms with van der Waals surface area (Å²) in [4.78, 5) is 0. The summed E-state index contributed by atoms with van der Waals surface area (Å²) < 4.78 is 5.33. The van der Waals surface area contributed by atoms with Crippen LogP contribution in [0.25, 0.3) is 0 Å². The first-order valence-corrected chi connectivity index (χ1v) is 4.56. The average Bonchev–Trinajstić information content (AvgIpc) is 2.16. The van der Waals surface area contributed by atoms with E-state index in [1.165, 1.54) is 0 Å². The van der Waals surface area contributed by atoms with Crippen LogP contribution in [0.15, 0.2) is 36.9 Å². The molecule has 1 aromatic carbocycles. The Balaban J connectivity index is 2.54. The number of ether oxygens (including phenoxy) is 1. The summed E-state index contributed by atoms with van der Waals surface area (Å²) >= 11 is 0. The number of hydrogen-bond donors (Lipinski definition) is 1. The van der Waals surface area contributed by atoms with E-state index < -0.39 is 0 Å². The molecular weight excluding hydrogens is 176 g/mol. The molecule has 0 fully saturated rings. The summed E-state index contributed by atoms with van der Waals surface area (Å²) in [5.41, 5.74) is 1.08. The topological polar surface area (TPSA) is 29.5 Å². The van der Waals surface area contributed by atoms with Gasteiger partial charge in [0.1, 0.15) is 12.4 Å². The lowest BCUT2D eigenvalue weighted by Gasteiger charge is -2.05. The van der Waals surface area contributed by atoms with Gasteiger partial charge in [-0.2, -0.15) is 0 Å². The molecule has 1 rings (SSSR count). The SMILES string of the molecule is C=CCOc1ccc(C[C](C)O)cc1. The van der Waals surface area contributed by atoms with Gasteiger partial charge in [0.2, 0.25) is 0 Å². The van der Waals surface area contributed by atoms with Gasteiger partial charge < -0.3 is 9.84 Å². The van der Waals surface area contributed by atoms with E-state index in [1.54, 1.807) is 13.0 Å². The molecule has 0 heterocycles. The van der Waals surface area contributed by atoms with Crippen molar-refractivity contribution in [3.8, 4) is 5.75 Å². The predicted octanol–water partition coefficient (Wildman–Crippen LogP) is 2.72. The fourth-order valence-electron chi connectivity index (χ4n) is 1.15. The summed E-state index contributed by atoms with van der Waals surface area (Å²) in [5.74, 6) is 0.823. The molecule has 0 saturated carbocycles. The normalized spacial score (nSPS) is 10.2. The van der Waals surface area contributed by atoms with Gasteiger partial charge in [-0.05, 0) is 24.6 Å². The van der Waals surface area contributed by atoms with Gasteiger partial charge in [0.15, 0.2) is 0 Å². The molecule has 0 spiro atoms. The van der Waals surface area contributed by atoms with E-state index in [4.69, 9.17) is 9.84 Å². The Morgan fingerprint density at radius 2 is 2.07 bits per heavy atom. The smallest absolute Gasteiger partial charge is 0.119 e. The fraction of sp³-hybridized carbons (Fsp3) is 0.250. The number of rotatable bonds is 5. The van der Waals surface area contributed by atoms with Crippen LogP contribution in [0.1, 0.15) is 12.5 Å². The van der Waals surface area contributed by atoms with Crippen LogP contribution < -0.4 is 4.74 Å². The van der Waals surface area contributed by atoms with E-state index in [-0.39, 0.29) is 0 Å². The highest BCUT2D eigenvalue weighted by Gasteiger charge is 1.99. The molecule has 0 saturated heterocycles. The number of aliphatic hydroxyl groups excluding tert-OH is 1. The van der Waals surface area contributed by atoms with Gasteiger partial charge in [0, 0.05) is 6.42 Å². The molecule has 14 heavy (non-hydrogen) atoms. The quantitative estimate of drug-likeness (QED) is 0.725. The highest BCUT2D eigenvalue weighted by molar-refractivity contribution is 5.28. The summed E-state index contributed by atoms with van der Waals surface area (Å²) in [7, 11) is 0. The maximum atomic E-state index is 9.09. The molecule has 0 aromatic heterocycles. The van der Waals surface area contributed by atoms with Crippen LogP contribution in [0, 0.1) is 6.10 Å². The minimum absolute atomic E-state index is 0.421. The largest absolute Gasteiger partial charge is 0.490 e. The Hall–Kier alpha value is -1.28. The van der Waals surface area contributed by atoms with Crippen molar-refractivity contribution in [1.29, 1.82) is 0 Å². The molecule has 0 atom stereocenters.